The van der Waals surface area contributed by atoms with Crippen LogP contribution in [0.1, 0.15) is 6.42 Å². The van der Waals surface area contributed by atoms with Crippen LogP contribution in [-0.2, 0) is 10.1 Å². The molecular weight excluding hydrogens is 167 g/mol. The minimum absolute atomic E-state index is 0. The van der Waals surface area contributed by atoms with Gasteiger partial charge < -0.3 is 9.66 Å². The van der Waals surface area contributed by atoms with Crippen LogP contribution in [0, 0.1) is 0 Å². The summed E-state index contributed by atoms with van der Waals surface area (Å²) >= 11 is 0. The molecular formula is C4H7NaO4S. The largest absolute Gasteiger partial charge is 1.00 e. The van der Waals surface area contributed by atoms with Gasteiger partial charge in [-0.3, -0.25) is 0 Å². The van der Waals surface area contributed by atoms with Crippen molar-refractivity contribution in [3.63, 3.8) is 0 Å². The molecule has 0 saturated heterocycles. The smallest absolute Gasteiger partial charge is 0.744 e. The average Bonchev–Trinajstić information content (AvgIpc) is 1.63. The number of rotatable bonds is 3. The van der Waals surface area contributed by atoms with E-state index in [4.69, 9.17) is 5.11 Å². The van der Waals surface area contributed by atoms with Crippen molar-refractivity contribution < 1.29 is 47.6 Å². The average molecular weight is 174 g/mol. The molecule has 0 atom stereocenters. The van der Waals surface area contributed by atoms with E-state index in [0.717, 1.165) is 6.08 Å². The second-order valence-corrected chi connectivity index (χ2v) is 2.63. The van der Waals surface area contributed by atoms with Gasteiger partial charge >= 0.3 is 29.6 Å². The number of aliphatic hydroxyl groups is 1. The summed E-state index contributed by atoms with van der Waals surface area (Å²) in [5.74, 6) is 0. The van der Waals surface area contributed by atoms with Crippen molar-refractivity contribution in [3.05, 3.63) is 11.5 Å². The molecule has 1 N–H and O–H groups in total. The van der Waals surface area contributed by atoms with Crippen molar-refractivity contribution in [1.29, 1.82) is 0 Å². The van der Waals surface area contributed by atoms with E-state index in [0.29, 0.717) is 5.41 Å². The summed E-state index contributed by atoms with van der Waals surface area (Å²) in [6.45, 7) is -0.147. The predicted octanol–water partition coefficient (Wildman–Crippen LogP) is -3.57. The molecule has 10 heavy (non-hydrogen) atoms. The van der Waals surface area contributed by atoms with Gasteiger partial charge in [-0.15, -0.1) is 0 Å². The summed E-state index contributed by atoms with van der Waals surface area (Å²) in [4.78, 5) is 0. The number of aliphatic hydroxyl groups excluding tert-OH is 1. The van der Waals surface area contributed by atoms with E-state index in [-0.39, 0.29) is 42.6 Å². The summed E-state index contributed by atoms with van der Waals surface area (Å²) in [5, 5.41) is 8.65. The monoisotopic (exact) mass is 174 g/mol. The molecule has 54 valence electrons. The number of hydrogen-bond donors (Lipinski definition) is 1. The Balaban J connectivity index is 0. The first-order valence-electron chi connectivity index (χ1n) is 2.29. The molecule has 0 unspecified atom stereocenters. The normalized spacial score (nSPS) is 11.4. The molecule has 6 heteroatoms. The van der Waals surface area contributed by atoms with Gasteiger partial charge in [-0.2, -0.15) is 0 Å². The fourth-order valence-corrected chi connectivity index (χ4v) is 0.632. The van der Waals surface area contributed by atoms with Gasteiger partial charge in [0.15, 0.2) is 0 Å². The third-order valence-corrected chi connectivity index (χ3v) is 1.08. The summed E-state index contributed by atoms with van der Waals surface area (Å²) in [5.41, 5.74) is 0. The molecule has 0 bridgehead atoms. The van der Waals surface area contributed by atoms with Crippen LogP contribution in [-0.4, -0.2) is 24.7 Å². The first kappa shape index (κ1) is 13.2. The van der Waals surface area contributed by atoms with Gasteiger partial charge in [-0.25, -0.2) is 8.42 Å². The Morgan fingerprint density at radius 3 is 2.30 bits per heavy atom. The predicted molar refractivity (Wildman–Crippen MR) is 30.5 cm³/mol. The fraction of sp³-hybridized carbons (Fsp3) is 0.500. The zero-order chi connectivity index (χ0) is 7.33. The van der Waals surface area contributed by atoms with E-state index >= 15 is 0 Å². The molecule has 0 aliphatic rings. The van der Waals surface area contributed by atoms with Crippen molar-refractivity contribution in [2.24, 2.45) is 0 Å². The van der Waals surface area contributed by atoms with Crippen LogP contribution in [0.4, 0.5) is 0 Å². The summed E-state index contributed by atoms with van der Waals surface area (Å²) in [7, 11) is -4.24. The van der Waals surface area contributed by atoms with E-state index in [1.807, 2.05) is 0 Å². The van der Waals surface area contributed by atoms with Gasteiger partial charge in [-0.05, 0) is 6.42 Å². The Morgan fingerprint density at radius 2 is 2.00 bits per heavy atom. The zero-order valence-electron chi connectivity index (χ0n) is 5.65. The van der Waals surface area contributed by atoms with Crippen molar-refractivity contribution in [2.45, 2.75) is 6.42 Å². The summed E-state index contributed by atoms with van der Waals surface area (Å²) in [6, 6.07) is 0. The topological polar surface area (TPSA) is 77.4 Å². The summed E-state index contributed by atoms with van der Waals surface area (Å²) < 4.78 is 29.3. The Morgan fingerprint density at radius 1 is 1.50 bits per heavy atom. The fourth-order valence-electron chi connectivity index (χ4n) is 0.260. The molecule has 0 fully saturated rings. The van der Waals surface area contributed by atoms with Crippen LogP contribution in [0.2, 0.25) is 0 Å². The van der Waals surface area contributed by atoms with Crippen LogP contribution in [0.15, 0.2) is 11.5 Å². The first-order valence-corrected chi connectivity index (χ1v) is 3.76. The second-order valence-electron chi connectivity index (χ2n) is 1.38. The maximum atomic E-state index is 9.78. The van der Waals surface area contributed by atoms with Gasteiger partial charge in [0, 0.05) is 12.0 Å². The Labute approximate surface area is 82.0 Å². The third kappa shape index (κ3) is 11.4. The first-order chi connectivity index (χ1) is 4.06. The van der Waals surface area contributed by atoms with Crippen LogP contribution >= 0.6 is 0 Å². The quantitative estimate of drug-likeness (QED) is 0.354. The zero-order valence-corrected chi connectivity index (χ0v) is 8.47. The Bertz CT molecular complexity index is 183. The molecule has 0 aliphatic heterocycles. The van der Waals surface area contributed by atoms with Crippen molar-refractivity contribution in [2.75, 3.05) is 6.61 Å². The molecule has 0 heterocycles. The van der Waals surface area contributed by atoms with Gasteiger partial charge in [0.1, 0.15) is 10.1 Å². The SMILES string of the molecule is O=S(=O)([O-])C=CCCO.[Na+]. The molecule has 0 aromatic carbocycles. The molecule has 0 radical (unpaired) electrons. The maximum Gasteiger partial charge on any atom is 1.00 e. The van der Waals surface area contributed by atoms with Gasteiger partial charge in [-0.1, -0.05) is 6.08 Å². The van der Waals surface area contributed by atoms with Crippen molar-refractivity contribution >= 4 is 10.1 Å². The van der Waals surface area contributed by atoms with E-state index in [1.54, 1.807) is 0 Å². The van der Waals surface area contributed by atoms with E-state index < -0.39 is 10.1 Å². The molecule has 0 aromatic rings. The van der Waals surface area contributed by atoms with Crippen LogP contribution in [0.5, 0.6) is 0 Å². The minimum atomic E-state index is -4.24. The molecule has 0 spiro atoms. The van der Waals surface area contributed by atoms with E-state index in [1.165, 1.54) is 0 Å². The minimum Gasteiger partial charge on any atom is -0.744 e. The van der Waals surface area contributed by atoms with E-state index in [9.17, 15) is 13.0 Å². The van der Waals surface area contributed by atoms with Crippen molar-refractivity contribution in [3.8, 4) is 0 Å². The molecule has 0 saturated carbocycles. The van der Waals surface area contributed by atoms with Crippen LogP contribution in [0.3, 0.4) is 0 Å². The molecule has 4 nitrogen and oxygen atoms in total. The molecule has 0 rings (SSSR count). The van der Waals surface area contributed by atoms with Crippen LogP contribution in [0.25, 0.3) is 0 Å². The standard InChI is InChI=1S/C4H8O4S.Na/c5-3-1-2-4-9(6,7)8;/h2,4-5H,1,3H2,(H,6,7,8);/q;+1/p-1. The van der Waals surface area contributed by atoms with Gasteiger partial charge in [0.25, 0.3) is 0 Å². The van der Waals surface area contributed by atoms with Gasteiger partial charge in [0.05, 0.1) is 0 Å². The Kier molecular flexibility index (Phi) is 8.36. The molecule has 0 aromatic heterocycles. The van der Waals surface area contributed by atoms with Gasteiger partial charge in [0.2, 0.25) is 0 Å². The third-order valence-electron chi connectivity index (χ3n) is 0.559. The van der Waals surface area contributed by atoms with Crippen molar-refractivity contribution in [1.82, 2.24) is 0 Å². The van der Waals surface area contributed by atoms with Crippen LogP contribution < -0.4 is 29.6 Å². The molecule has 0 aliphatic carbocycles. The second kappa shape index (κ2) is 6.33. The maximum absolute atomic E-state index is 9.78. The summed E-state index contributed by atoms with van der Waals surface area (Å²) in [6.07, 6.45) is 1.31. The molecule has 0 amide bonds. The Hall–Kier alpha value is 0.610. The number of hydrogen-bond acceptors (Lipinski definition) is 4. The van der Waals surface area contributed by atoms with E-state index in [2.05, 4.69) is 0 Å².